The number of hydrogen-bond acceptors (Lipinski definition) is 2. The molecule has 2 aromatic rings. The predicted molar refractivity (Wildman–Crippen MR) is 86.0 cm³/mol. The minimum atomic E-state index is -0.475. The molecular formula is C15H14BrClOS. The Kier molecular flexibility index (Phi) is 5.34. The lowest BCUT2D eigenvalue weighted by Crippen LogP contribution is -2.02. The molecule has 0 saturated carbocycles. The number of thioether (sulfide) groups is 1. The van der Waals surface area contributed by atoms with Gasteiger partial charge in [0.25, 0.3) is 0 Å². The van der Waals surface area contributed by atoms with Gasteiger partial charge in [-0.2, -0.15) is 0 Å². The van der Waals surface area contributed by atoms with E-state index in [0.717, 1.165) is 25.5 Å². The number of aliphatic hydroxyl groups excluding tert-OH is 1. The molecule has 0 amide bonds. The molecule has 100 valence electrons. The van der Waals surface area contributed by atoms with Crippen LogP contribution in [0.5, 0.6) is 0 Å². The topological polar surface area (TPSA) is 20.2 Å². The summed E-state index contributed by atoms with van der Waals surface area (Å²) >= 11 is 11.0. The van der Waals surface area contributed by atoms with Crippen molar-refractivity contribution in [2.24, 2.45) is 0 Å². The largest absolute Gasteiger partial charge is 0.388 e. The Morgan fingerprint density at radius 1 is 1.26 bits per heavy atom. The van der Waals surface area contributed by atoms with Gasteiger partial charge in [-0.05, 0) is 48.4 Å². The molecule has 0 spiro atoms. The second kappa shape index (κ2) is 6.80. The van der Waals surface area contributed by atoms with Crippen LogP contribution in [0.1, 0.15) is 17.2 Å². The van der Waals surface area contributed by atoms with Crippen LogP contribution < -0.4 is 0 Å². The third-order valence-corrected chi connectivity index (χ3v) is 4.59. The third kappa shape index (κ3) is 4.25. The molecule has 0 saturated heterocycles. The van der Waals surface area contributed by atoms with Crippen LogP contribution in [0.3, 0.4) is 0 Å². The number of rotatable bonds is 4. The first-order valence-corrected chi connectivity index (χ1v) is 8.04. The fourth-order valence-corrected chi connectivity index (χ4v) is 3.48. The number of benzene rings is 2. The van der Waals surface area contributed by atoms with E-state index in [1.807, 2.05) is 49.4 Å². The van der Waals surface area contributed by atoms with Crippen LogP contribution in [0.2, 0.25) is 5.02 Å². The monoisotopic (exact) mass is 356 g/mol. The molecule has 2 rings (SSSR count). The lowest BCUT2D eigenvalue weighted by atomic mass is 10.1. The van der Waals surface area contributed by atoms with Crippen molar-refractivity contribution in [2.45, 2.75) is 17.9 Å². The van der Waals surface area contributed by atoms with Gasteiger partial charge in [-0.1, -0.05) is 39.7 Å². The van der Waals surface area contributed by atoms with Crippen LogP contribution in [0.15, 0.2) is 51.8 Å². The predicted octanol–water partition coefficient (Wildman–Crippen LogP) is 5.24. The van der Waals surface area contributed by atoms with Gasteiger partial charge in [0.15, 0.2) is 0 Å². The molecule has 0 bridgehead atoms. The van der Waals surface area contributed by atoms with Crippen molar-refractivity contribution < 1.29 is 5.11 Å². The average Bonchev–Trinajstić information content (AvgIpc) is 2.36. The van der Waals surface area contributed by atoms with E-state index in [0.29, 0.717) is 5.75 Å². The van der Waals surface area contributed by atoms with Gasteiger partial charge in [-0.3, -0.25) is 0 Å². The maximum atomic E-state index is 10.3. The first kappa shape index (κ1) is 14.9. The zero-order valence-corrected chi connectivity index (χ0v) is 13.6. The molecule has 0 aromatic heterocycles. The summed E-state index contributed by atoms with van der Waals surface area (Å²) in [4.78, 5) is 1.07. The summed E-state index contributed by atoms with van der Waals surface area (Å²) in [6.07, 6.45) is -0.475. The van der Waals surface area contributed by atoms with Crippen molar-refractivity contribution in [1.82, 2.24) is 0 Å². The molecule has 2 aromatic carbocycles. The fourth-order valence-electron chi connectivity index (χ4n) is 1.83. The number of aryl methyl sites for hydroxylation is 1. The van der Waals surface area contributed by atoms with Gasteiger partial charge in [0.1, 0.15) is 0 Å². The van der Waals surface area contributed by atoms with Gasteiger partial charge in [0, 0.05) is 20.1 Å². The molecule has 0 aliphatic rings. The smallest absolute Gasteiger partial charge is 0.0886 e. The van der Waals surface area contributed by atoms with Crippen molar-refractivity contribution in [2.75, 3.05) is 5.75 Å². The Labute approximate surface area is 131 Å². The molecule has 1 nitrogen and oxygen atoms in total. The molecule has 4 heteroatoms. The first-order valence-electron chi connectivity index (χ1n) is 5.89. The summed E-state index contributed by atoms with van der Waals surface area (Å²) in [6, 6.07) is 13.6. The van der Waals surface area contributed by atoms with E-state index in [2.05, 4.69) is 15.9 Å². The number of halogens is 2. The minimum Gasteiger partial charge on any atom is -0.388 e. The van der Waals surface area contributed by atoms with Crippen molar-refractivity contribution in [3.05, 3.63) is 63.1 Å². The van der Waals surface area contributed by atoms with E-state index >= 15 is 0 Å². The lowest BCUT2D eigenvalue weighted by molar-refractivity contribution is 0.203. The Bertz CT molecular complexity index is 574. The first-order chi connectivity index (χ1) is 9.06. The van der Waals surface area contributed by atoms with Gasteiger partial charge in [-0.25, -0.2) is 0 Å². The summed E-state index contributed by atoms with van der Waals surface area (Å²) in [5.41, 5.74) is 2.06. The molecule has 0 fully saturated rings. The maximum absolute atomic E-state index is 10.3. The highest BCUT2D eigenvalue weighted by Crippen LogP contribution is 2.28. The second-order valence-electron chi connectivity index (χ2n) is 4.29. The van der Waals surface area contributed by atoms with E-state index in [1.54, 1.807) is 11.8 Å². The van der Waals surface area contributed by atoms with Gasteiger partial charge < -0.3 is 5.11 Å². The van der Waals surface area contributed by atoms with Gasteiger partial charge >= 0.3 is 0 Å². The Morgan fingerprint density at radius 3 is 2.74 bits per heavy atom. The quantitative estimate of drug-likeness (QED) is 0.755. The van der Waals surface area contributed by atoms with Crippen LogP contribution in [-0.4, -0.2) is 10.9 Å². The summed E-state index contributed by atoms with van der Waals surface area (Å²) < 4.78 is 1.03. The summed E-state index contributed by atoms with van der Waals surface area (Å²) in [7, 11) is 0. The summed E-state index contributed by atoms with van der Waals surface area (Å²) in [6.45, 7) is 2.01. The minimum absolute atomic E-state index is 0.475. The van der Waals surface area contributed by atoms with Crippen molar-refractivity contribution >= 4 is 39.3 Å². The van der Waals surface area contributed by atoms with Gasteiger partial charge in [0.2, 0.25) is 0 Å². The van der Waals surface area contributed by atoms with Crippen molar-refractivity contribution in [3.63, 3.8) is 0 Å². The zero-order chi connectivity index (χ0) is 13.8. The molecule has 1 N–H and O–H groups in total. The van der Waals surface area contributed by atoms with Gasteiger partial charge in [-0.15, -0.1) is 11.8 Å². The average molecular weight is 358 g/mol. The van der Waals surface area contributed by atoms with E-state index in [4.69, 9.17) is 11.6 Å². The standard InChI is InChI=1S/C15H14BrClOS/c1-10-7-11(16)5-6-14(10)15(18)9-19-13-4-2-3-12(17)8-13/h2-8,15,18H,9H2,1H3. The van der Waals surface area contributed by atoms with Gasteiger partial charge in [0.05, 0.1) is 6.10 Å². The van der Waals surface area contributed by atoms with Crippen molar-refractivity contribution in [3.8, 4) is 0 Å². The molecule has 19 heavy (non-hydrogen) atoms. The van der Waals surface area contributed by atoms with E-state index in [1.165, 1.54) is 0 Å². The zero-order valence-electron chi connectivity index (χ0n) is 10.4. The molecular weight excluding hydrogens is 344 g/mol. The second-order valence-corrected chi connectivity index (χ2v) is 6.73. The van der Waals surface area contributed by atoms with Crippen LogP contribution in [0, 0.1) is 6.92 Å². The molecule has 1 atom stereocenters. The normalized spacial score (nSPS) is 12.4. The molecule has 0 aliphatic carbocycles. The molecule has 1 unspecified atom stereocenters. The van der Waals surface area contributed by atoms with Crippen LogP contribution in [-0.2, 0) is 0 Å². The maximum Gasteiger partial charge on any atom is 0.0886 e. The van der Waals surface area contributed by atoms with E-state index in [9.17, 15) is 5.11 Å². The Morgan fingerprint density at radius 2 is 2.05 bits per heavy atom. The van der Waals surface area contributed by atoms with Crippen molar-refractivity contribution in [1.29, 1.82) is 0 Å². The number of aliphatic hydroxyl groups is 1. The van der Waals surface area contributed by atoms with Crippen LogP contribution in [0.4, 0.5) is 0 Å². The Hall–Kier alpha value is -0.480. The third-order valence-electron chi connectivity index (χ3n) is 2.79. The molecule has 0 aliphatic heterocycles. The number of hydrogen-bond donors (Lipinski definition) is 1. The fraction of sp³-hybridized carbons (Fsp3) is 0.200. The summed E-state index contributed by atoms with van der Waals surface area (Å²) in [5, 5.41) is 11.0. The van der Waals surface area contributed by atoms with Crippen LogP contribution in [0.25, 0.3) is 0 Å². The SMILES string of the molecule is Cc1cc(Br)ccc1C(O)CSc1cccc(Cl)c1. The Balaban J connectivity index is 2.03. The highest BCUT2D eigenvalue weighted by atomic mass is 79.9. The molecule has 0 heterocycles. The lowest BCUT2D eigenvalue weighted by Gasteiger charge is -2.13. The van der Waals surface area contributed by atoms with E-state index in [-0.39, 0.29) is 0 Å². The summed E-state index contributed by atoms with van der Waals surface area (Å²) in [5.74, 6) is 0.614. The highest BCUT2D eigenvalue weighted by Gasteiger charge is 2.11. The molecule has 0 radical (unpaired) electrons. The van der Waals surface area contributed by atoms with E-state index < -0.39 is 6.10 Å². The van der Waals surface area contributed by atoms with Crippen LogP contribution >= 0.6 is 39.3 Å². The highest BCUT2D eigenvalue weighted by molar-refractivity contribution is 9.10.